The highest BCUT2D eigenvalue weighted by molar-refractivity contribution is 7.87. The number of imidazole rings is 1. The molecule has 1 N–H and O–H groups in total. The van der Waals surface area contributed by atoms with E-state index in [9.17, 15) is 21.6 Å². The van der Waals surface area contributed by atoms with E-state index in [0.717, 1.165) is 23.4 Å². The summed E-state index contributed by atoms with van der Waals surface area (Å²) < 4.78 is 87.2. The molecule has 0 atom stereocenters. The number of aryl methyl sites for hydroxylation is 1. The van der Waals surface area contributed by atoms with E-state index in [1.165, 1.54) is 3.97 Å². The lowest BCUT2D eigenvalue weighted by atomic mass is 9.90. The molecule has 0 bridgehead atoms. The predicted molar refractivity (Wildman–Crippen MR) is 103 cm³/mol. The zero-order valence-electron chi connectivity index (χ0n) is 15.7. The van der Waals surface area contributed by atoms with Gasteiger partial charge in [-0.05, 0) is 30.4 Å². The minimum Gasteiger partial charge on any atom is -0.279 e. The molecule has 1 aliphatic rings. The van der Waals surface area contributed by atoms with Crippen LogP contribution in [0.1, 0.15) is 24.3 Å². The standard InChI is InChI=1S/C15H19ClN3O2S.CHF3O3S/c1-17-10-11-19(12-17)22(20,21)18-8-6-13(7-9-18)14-4-2-3-5-15(14)16;2-1(3,4)8(5,6)7/h2-5,10-13H,6-9H2,1H3;(H,5,6,7)/q+1;. The fraction of sp³-hybridized carbons (Fsp3) is 0.438. The van der Waals surface area contributed by atoms with E-state index in [4.69, 9.17) is 24.6 Å². The Morgan fingerprint density at radius 2 is 1.67 bits per heavy atom. The fourth-order valence-corrected chi connectivity index (χ4v) is 4.61. The van der Waals surface area contributed by atoms with Gasteiger partial charge in [0.2, 0.25) is 0 Å². The van der Waals surface area contributed by atoms with Gasteiger partial charge in [-0.25, -0.2) is 4.57 Å². The Morgan fingerprint density at radius 1 is 1.13 bits per heavy atom. The van der Waals surface area contributed by atoms with Gasteiger partial charge in [-0.15, -0.1) is 3.97 Å². The molecule has 1 saturated heterocycles. The molecule has 1 fully saturated rings. The van der Waals surface area contributed by atoms with Crippen LogP contribution in [0.4, 0.5) is 13.2 Å². The predicted octanol–water partition coefficient (Wildman–Crippen LogP) is 2.33. The van der Waals surface area contributed by atoms with Crippen LogP contribution in [-0.4, -0.2) is 48.3 Å². The van der Waals surface area contributed by atoms with E-state index < -0.39 is 25.8 Å². The summed E-state index contributed by atoms with van der Waals surface area (Å²) in [6.45, 7) is 1.03. The van der Waals surface area contributed by atoms with Gasteiger partial charge in [0.1, 0.15) is 12.4 Å². The molecule has 3 rings (SSSR count). The minimum absolute atomic E-state index is 0.320. The smallest absolute Gasteiger partial charge is 0.279 e. The van der Waals surface area contributed by atoms with Crippen molar-refractivity contribution in [1.82, 2.24) is 8.28 Å². The molecule has 0 aliphatic carbocycles. The highest BCUT2D eigenvalue weighted by Gasteiger charge is 2.44. The van der Waals surface area contributed by atoms with Crippen molar-refractivity contribution in [3.63, 3.8) is 0 Å². The molecule has 2 aromatic rings. The third kappa shape index (κ3) is 5.94. The third-order valence-corrected chi connectivity index (χ3v) is 7.12. The normalized spacial score (nSPS) is 16.7. The highest BCUT2D eigenvalue weighted by Crippen LogP contribution is 2.33. The van der Waals surface area contributed by atoms with E-state index in [0.29, 0.717) is 19.0 Å². The van der Waals surface area contributed by atoms with Crippen LogP contribution in [0.3, 0.4) is 0 Å². The lowest BCUT2D eigenvalue weighted by Crippen LogP contribution is -2.41. The van der Waals surface area contributed by atoms with Crippen LogP contribution in [0.2, 0.25) is 5.02 Å². The monoisotopic (exact) mass is 490 g/mol. The molecule has 1 aliphatic heterocycles. The lowest BCUT2D eigenvalue weighted by Gasteiger charge is -2.30. The van der Waals surface area contributed by atoms with Gasteiger partial charge in [-0.2, -0.15) is 34.3 Å². The highest BCUT2D eigenvalue weighted by atomic mass is 35.5. The molecule has 1 aromatic heterocycles. The van der Waals surface area contributed by atoms with Crippen LogP contribution in [0.25, 0.3) is 0 Å². The van der Waals surface area contributed by atoms with Gasteiger partial charge < -0.3 is 0 Å². The van der Waals surface area contributed by atoms with Gasteiger partial charge >= 0.3 is 25.8 Å². The molecule has 14 heteroatoms. The Labute approximate surface area is 177 Å². The van der Waals surface area contributed by atoms with Crippen molar-refractivity contribution < 1.29 is 39.1 Å². The van der Waals surface area contributed by atoms with Crippen molar-refractivity contribution in [2.75, 3.05) is 13.1 Å². The average Bonchev–Trinajstić information content (AvgIpc) is 3.08. The molecule has 0 unspecified atom stereocenters. The third-order valence-electron chi connectivity index (χ3n) is 4.43. The number of hydrogen-bond donors (Lipinski definition) is 1. The van der Waals surface area contributed by atoms with Gasteiger partial charge in [0.15, 0.2) is 0 Å². The van der Waals surface area contributed by atoms with Crippen LogP contribution in [0.15, 0.2) is 43.0 Å². The van der Waals surface area contributed by atoms with E-state index in [2.05, 4.69) is 0 Å². The lowest BCUT2D eigenvalue weighted by molar-refractivity contribution is -0.670. The van der Waals surface area contributed by atoms with E-state index >= 15 is 0 Å². The van der Waals surface area contributed by atoms with Crippen molar-refractivity contribution in [2.45, 2.75) is 24.3 Å². The number of piperidine rings is 1. The Morgan fingerprint density at radius 3 is 2.10 bits per heavy atom. The summed E-state index contributed by atoms with van der Waals surface area (Å²) in [6.07, 6.45) is 6.42. The van der Waals surface area contributed by atoms with Crippen LogP contribution in [0, 0.1) is 0 Å². The largest absolute Gasteiger partial charge is 0.522 e. The SMILES string of the molecule is C[n+]1ccn(S(=O)(=O)N2CCC(c3ccccc3Cl)CC2)c1.O=S(=O)(O)C(F)(F)F. The van der Waals surface area contributed by atoms with Gasteiger partial charge in [-0.3, -0.25) is 4.55 Å². The second-order valence-electron chi connectivity index (χ2n) is 6.53. The van der Waals surface area contributed by atoms with Crippen molar-refractivity contribution >= 4 is 31.9 Å². The van der Waals surface area contributed by atoms with E-state index in [1.807, 2.05) is 24.3 Å². The Balaban J connectivity index is 0.000000343. The number of alkyl halides is 3. The van der Waals surface area contributed by atoms with Crippen LogP contribution < -0.4 is 4.57 Å². The second kappa shape index (κ2) is 9.22. The van der Waals surface area contributed by atoms with Gasteiger partial charge in [0.05, 0.1) is 7.05 Å². The number of hydrogen-bond acceptors (Lipinski definition) is 4. The first-order chi connectivity index (χ1) is 13.7. The van der Waals surface area contributed by atoms with Crippen LogP contribution in [-0.2, 0) is 27.4 Å². The first kappa shape index (κ1) is 24.6. The zero-order valence-corrected chi connectivity index (χ0v) is 18.1. The van der Waals surface area contributed by atoms with Crippen molar-refractivity contribution in [3.05, 3.63) is 53.6 Å². The summed E-state index contributed by atoms with van der Waals surface area (Å²) in [7, 11) is -7.50. The maximum atomic E-state index is 12.6. The number of halogens is 4. The quantitative estimate of drug-likeness (QED) is 0.404. The van der Waals surface area contributed by atoms with Crippen LogP contribution >= 0.6 is 11.6 Å². The minimum atomic E-state index is -5.84. The molecular weight excluding hydrogens is 471 g/mol. The Kier molecular flexibility index (Phi) is 7.56. The fourth-order valence-electron chi connectivity index (χ4n) is 2.90. The average molecular weight is 491 g/mol. The molecular formula is C16H20ClF3N3O5S2+. The second-order valence-corrected chi connectivity index (χ2v) is 10.2. The first-order valence-corrected chi connectivity index (χ1v) is 11.8. The summed E-state index contributed by atoms with van der Waals surface area (Å²) in [5.74, 6) is 0.320. The molecule has 30 heavy (non-hydrogen) atoms. The van der Waals surface area contributed by atoms with Gasteiger partial charge in [-0.1, -0.05) is 29.8 Å². The topological polar surface area (TPSA) is 101 Å². The molecule has 2 heterocycles. The summed E-state index contributed by atoms with van der Waals surface area (Å²) in [6, 6.07) is 7.81. The van der Waals surface area contributed by atoms with Crippen molar-refractivity contribution in [1.29, 1.82) is 0 Å². The van der Waals surface area contributed by atoms with E-state index in [1.54, 1.807) is 34.6 Å². The maximum Gasteiger partial charge on any atom is 0.522 e. The summed E-state index contributed by atoms with van der Waals surface area (Å²) in [4.78, 5) is 0. The van der Waals surface area contributed by atoms with Crippen molar-refractivity contribution in [2.24, 2.45) is 7.05 Å². The first-order valence-electron chi connectivity index (χ1n) is 8.55. The Bertz CT molecular complexity index is 1080. The summed E-state index contributed by atoms with van der Waals surface area (Å²) in [5.41, 5.74) is -4.42. The number of rotatable bonds is 3. The summed E-state index contributed by atoms with van der Waals surface area (Å²) in [5, 5.41) is 0.765. The molecule has 0 amide bonds. The summed E-state index contributed by atoms with van der Waals surface area (Å²) >= 11 is 6.24. The molecule has 8 nitrogen and oxygen atoms in total. The number of nitrogens with zero attached hydrogens (tertiary/aromatic N) is 3. The molecule has 0 saturated carbocycles. The zero-order chi connectivity index (χ0) is 22.7. The van der Waals surface area contributed by atoms with Gasteiger partial charge in [0.25, 0.3) is 6.33 Å². The van der Waals surface area contributed by atoms with Crippen LogP contribution in [0.5, 0.6) is 0 Å². The molecule has 168 valence electrons. The molecule has 1 aromatic carbocycles. The molecule has 0 spiro atoms. The maximum absolute atomic E-state index is 12.6. The number of benzene rings is 1. The van der Waals surface area contributed by atoms with Crippen molar-refractivity contribution in [3.8, 4) is 0 Å². The van der Waals surface area contributed by atoms with E-state index in [-0.39, 0.29) is 0 Å². The van der Waals surface area contributed by atoms with Gasteiger partial charge in [0, 0.05) is 18.1 Å². The number of aromatic nitrogens is 2. The molecule has 0 radical (unpaired) electrons. The Hall–Kier alpha value is -1.67.